The molecule has 20 heavy (non-hydrogen) atoms. The molecule has 0 radical (unpaired) electrons. The van der Waals surface area contributed by atoms with Crippen molar-refractivity contribution in [1.29, 1.82) is 0 Å². The Morgan fingerprint density at radius 3 is 2.50 bits per heavy atom. The summed E-state index contributed by atoms with van der Waals surface area (Å²) >= 11 is 12.4. The molecular weight excluding hydrogens is 295 g/mol. The maximum atomic E-state index is 9.79. The monoisotopic (exact) mass is 316 g/mol. The zero-order valence-electron chi connectivity index (χ0n) is 12.0. The summed E-state index contributed by atoms with van der Waals surface area (Å²) < 4.78 is 0. The van der Waals surface area contributed by atoms with E-state index >= 15 is 0 Å². The van der Waals surface area contributed by atoms with E-state index in [0.29, 0.717) is 10.0 Å². The topological polar surface area (TPSA) is 35.5 Å². The highest BCUT2D eigenvalue weighted by molar-refractivity contribution is 6.35. The molecule has 0 amide bonds. The number of nitrogens with zero attached hydrogens (tertiary/aromatic N) is 1. The third-order valence-corrected chi connectivity index (χ3v) is 4.48. The summed E-state index contributed by atoms with van der Waals surface area (Å²) in [7, 11) is 0. The van der Waals surface area contributed by atoms with Gasteiger partial charge in [0.05, 0.1) is 0 Å². The average Bonchev–Trinajstić information content (AvgIpc) is 2.43. The zero-order valence-corrected chi connectivity index (χ0v) is 13.5. The summed E-state index contributed by atoms with van der Waals surface area (Å²) in [6, 6.07) is 5.71. The minimum Gasteiger partial charge on any atom is -0.396 e. The first-order valence-corrected chi connectivity index (χ1v) is 7.72. The van der Waals surface area contributed by atoms with Crippen LogP contribution < -0.4 is 5.32 Å². The van der Waals surface area contributed by atoms with Gasteiger partial charge in [-0.15, -0.1) is 0 Å². The van der Waals surface area contributed by atoms with Crippen LogP contribution in [0.1, 0.15) is 25.5 Å². The van der Waals surface area contributed by atoms with Crippen LogP contribution in [-0.4, -0.2) is 42.8 Å². The summed E-state index contributed by atoms with van der Waals surface area (Å²) in [4.78, 5) is 2.39. The fourth-order valence-corrected chi connectivity index (χ4v) is 3.37. The predicted molar refractivity (Wildman–Crippen MR) is 84.5 cm³/mol. The van der Waals surface area contributed by atoms with Gasteiger partial charge in [-0.2, -0.15) is 0 Å². The van der Waals surface area contributed by atoms with E-state index in [1.165, 1.54) is 0 Å². The first kappa shape index (κ1) is 16.1. The number of halogens is 2. The van der Waals surface area contributed by atoms with Gasteiger partial charge in [-0.05, 0) is 17.7 Å². The molecule has 1 fully saturated rings. The quantitative estimate of drug-likeness (QED) is 0.896. The lowest BCUT2D eigenvalue weighted by molar-refractivity contribution is 0.0306. The SMILES string of the molecule is CC(C)(CO)[C@@H](c1ccc(Cl)cc1Cl)N1CCNCC1. The Bertz CT molecular complexity index is 459. The average molecular weight is 317 g/mol. The molecule has 2 rings (SSSR count). The van der Waals surface area contributed by atoms with Crippen LogP contribution in [0, 0.1) is 5.41 Å². The van der Waals surface area contributed by atoms with Crippen LogP contribution in [0.3, 0.4) is 0 Å². The minimum absolute atomic E-state index is 0.0827. The van der Waals surface area contributed by atoms with Crippen molar-refractivity contribution in [1.82, 2.24) is 10.2 Å². The lowest BCUT2D eigenvalue weighted by Gasteiger charge is -2.43. The molecule has 1 aliphatic heterocycles. The Balaban J connectivity index is 2.39. The summed E-state index contributed by atoms with van der Waals surface area (Å²) in [5, 5.41) is 14.5. The summed E-state index contributed by atoms with van der Waals surface area (Å²) in [5.74, 6) is 0. The van der Waals surface area contributed by atoms with E-state index in [2.05, 4.69) is 24.1 Å². The van der Waals surface area contributed by atoms with Gasteiger partial charge in [0, 0.05) is 54.3 Å². The highest BCUT2D eigenvalue weighted by atomic mass is 35.5. The Kier molecular flexibility index (Phi) is 5.32. The van der Waals surface area contributed by atoms with Gasteiger partial charge in [-0.25, -0.2) is 0 Å². The molecule has 0 saturated carbocycles. The number of hydrogen-bond donors (Lipinski definition) is 2. The van der Waals surface area contributed by atoms with Crippen molar-refractivity contribution in [3.63, 3.8) is 0 Å². The second kappa shape index (κ2) is 6.63. The van der Waals surface area contributed by atoms with Crippen molar-refractivity contribution >= 4 is 23.2 Å². The molecule has 1 aromatic carbocycles. The number of aliphatic hydroxyl groups is 1. The molecule has 2 N–H and O–H groups in total. The van der Waals surface area contributed by atoms with Crippen LogP contribution in [-0.2, 0) is 0 Å². The van der Waals surface area contributed by atoms with Gasteiger partial charge in [0.15, 0.2) is 0 Å². The second-order valence-electron chi connectivity index (χ2n) is 6.00. The van der Waals surface area contributed by atoms with Crippen molar-refractivity contribution in [3.8, 4) is 0 Å². The van der Waals surface area contributed by atoms with E-state index in [9.17, 15) is 5.11 Å². The van der Waals surface area contributed by atoms with Gasteiger partial charge >= 0.3 is 0 Å². The molecule has 1 heterocycles. The standard InChI is InChI=1S/C15H22Cl2N2O/c1-15(2,10-20)14(19-7-5-18-6-8-19)12-4-3-11(16)9-13(12)17/h3-4,9,14,18,20H,5-8,10H2,1-2H3/t14-/m1/s1. The fourth-order valence-electron chi connectivity index (χ4n) is 2.86. The summed E-state index contributed by atoms with van der Waals surface area (Å²) in [6.07, 6.45) is 0. The van der Waals surface area contributed by atoms with E-state index in [1.807, 2.05) is 12.1 Å². The van der Waals surface area contributed by atoms with E-state index in [0.717, 1.165) is 31.7 Å². The fraction of sp³-hybridized carbons (Fsp3) is 0.600. The highest BCUT2D eigenvalue weighted by Crippen LogP contribution is 2.41. The van der Waals surface area contributed by atoms with Crippen molar-refractivity contribution in [3.05, 3.63) is 33.8 Å². The molecule has 1 aromatic rings. The number of hydrogen-bond acceptors (Lipinski definition) is 3. The molecule has 0 spiro atoms. The molecule has 5 heteroatoms. The third kappa shape index (κ3) is 3.46. The van der Waals surface area contributed by atoms with Gasteiger partial charge in [0.25, 0.3) is 0 Å². The van der Waals surface area contributed by atoms with E-state index in [-0.39, 0.29) is 18.1 Å². The number of rotatable bonds is 4. The first-order chi connectivity index (χ1) is 9.45. The van der Waals surface area contributed by atoms with Crippen LogP contribution >= 0.6 is 23.2 Å². The molecule has 0 aliphatic carbocycles. The van der Waals surface area contributed by atoms with Crippen molar-refractivity contribution in [2.45, 2.75) is 19.9 Å². The van der Waals surface area contributed by atoms with Crippen molar-refractivity contribution in [2.75, 3.05) is 32.8 Å². The second-order valence-corrected chi connectivity index (χ2v) is 6.84. The van der Waals surface area contributed by atoms with Gasteiger partial charge in [0.2, 0.25) is 0 Å². The third-order valence-electron chi connectivity index (χ3n) is 3.92. The van der Waals surface area contributed by atoms with Gasteiger partial charge in [-0.3, -0.25) is 4.90 Å². The van der Waals surface area contributed by atoms with E-state index in [4.69, 9.17) is 23.2 Å². The number of piperazine rings is 1. The van der Waals surface area contributed by atoms with Crippen molar-refractivity contribution < 1.29 is 5.11 Å². The van der Waals surface area contributed by atoms with Crippen LogP contribution in [0.25, 0.3) is 0 Å². The highest BCUT2D eigenvalue weighted by Gasteiger charge is 2.36. The molecular formula is C15H22Cl2N2O. The van der Waals surface area contributed by atoms with Gasteiger partial charge in [0.1, 0.15) is 0 Å². The lowest BCUT2D eigenvalue weighted by atomic mass is 9.79. The van der Waals surface area contributed by atoms with Gasteiger partial charge in [-0.1, -0.05) is 43.1 Å². The van der Waals surface area contributed by atoms with Crippen LogP contribution in [0.5, 0.6) is 0 Å². The van der Waals surface area contributed by atoms with E-state index in [1.54, 1.807) is 6.07 Å². The molecule has 1 saturated heterocycles. The normalized spacial score (nSPS) is 19.1. The minimum atomic E-state index is -0.269. The molecule has 3 nitrogen and oxygen atoms in total. The Hall–Kier alpha value is -0.320. The largest absolute Gasteiger partial charge is 0.396 e. The molecule has 112 valence electrons. The van der Waals surface area contributed by atoms with Gasteiger partial charge < -0.3 is 10.4 Å². The number of nitrogens with one attached hydrogen (secondary N) is 1. The van der Waals surface area contributed by atoms with Crippen LogP contribution in [0.15, 0.2) is 18.2 Å². The Morgan fingerprint density at radius 2 is 1.95 bits per heavy atom. The van der Waals surface area contributed by atoms with Crippen molar-refractivity contribution in [2.24, 2.45) is 5.41 Å². The molecule has 0 unspecified atom stereocenters. The predicted octanol–water partition coefficient (Wildman–Crippen LogP) is 2.96. The summed E-state index contributed by atoms with van der Waals surface area (Å²) in [5.41, 5.74) is 0.770. The molecule has 0 bridgehead atoms. The smallest absolute Gasteiger partial charge is 0.0500 e. The number of benzene rings is 1. The zero-order chi connectivity index (χ0) is 14.8. The van der Waals surface area contributed by atoms with Crippen LogP contribution in [0.4, 0.5) is 0 Å². The van der Waals surface area contributed by atoms with Crippen LogP contribution in [0.2, 0.25) is 10.0 Å². The maximum absolute atomic E-state index is 9.79. The molecule has 1 atom stereocenters. The number of aliphatic hydroxyl groups excluding tert-OH is 1. The molecule has 0 aromatic heterocycles. The Morgan fingerprint density at radius 1 is 1.30 bits per heavy atom. The van der Waals surface area contributed by atoms with E-state index < -0.39 is 0 Å². The Labute approximate surface area is 130 Å². The maximum Gasteiger partial charge on any atom is 0.0500 e. The molecule has 1 aliphatic rings. The first-order valence-electron chi connectivity index (χ1n) is 6.96. The lowest BCUT2D eigenvalue weighted by Crippen LogP contribution is -2.49. The summed E-state index contributed by atoms with van der Waals surface area (Å²) in [6.45, 7) is 8.09.